The molecule has 0 fully saturated rings. The molecular formula is C17H15ClN6O. The number of benzene rings is 1. The molecule has 1 aliphatic rings. The molecule has 25 heavy (non-hydrogen) atoms. The predicted molar refractivity (Wildman–Crippen MR) is 93.2 cm³/mol. The molecule has 1 N–H and O–H groups in total. The molecule has 8 heteroatoms. The Labute approximate surface area is 149 Å². The van der Waals surface area contributed by atoms with Gasteiger partial charge in [0.25, 0.3) is 0 Å². The van der Waals surface area contributed by atoms with Gasteiger partial charge in [-0.3, -0.25) is 14.5 Å². The van der Waals surface area contributed by atoms with Gasteiger partial charge in [-0.25, -0.2) is 0 Å². The van der Waals surface area contributed by atoms with Gasteiger partial charge in [0.1, 0.15) is 6.54 Å². The molecule has 0 amide bonds. The van der Waals surface area contributed by atoms with Gasteiger partial charge in [0, 0.05) is 18.8 Å². The van der Waals surface area contributed by atoms with Gasteiger partial charge in [-0.15, -0.1) is 10.2 Å². The molecule has 126 valence electrons. The lowest BCUT2D eigenvalue weighted by atomic mass is 10.0. The topological polar surface area (TPSA) is 79.4 Å². The van der Waals surface area contributed by atoms with Crippen molar-refractivity contribution < 1.29 is 5.21 Å². The number of aromatic nitrogens is 4. The monoisotopic (exact) mass is 354 g/mol. The molecule has 0 saturated carbocycles. The highest BCUT2D eigenvalue weighted by atomic mass is 35.5. The van der Waals surface area contributed by atoms with Crippen LogP contribution in [0.25, 0.3) is 5.69 Å². The van der Waals surface area contributed by atoms with Crippen molar-refractivity contribution in [2.45, 2.75) is 13.1 Å². The van der Waals surface area contributed by atoms with E-state index in [9.17, 15) is 5.21 Å². The van der Waals surface area contributed by atoms with Crippen LogP contribution in [0.5, 0.6) is 0 Å². The van der Waals surface area contributed by atoms with Gasteiger partial charge in [0.15, 0.2) is 11.6 Å². The first-order valence-corrected chi connectivity index (χ1v) is 8.11. The Kier molecular flexibility index (Phi) is 4.04. The zero-order chi connectivity index (χ0) is 17.4. The highest BCUT2D eigenvalue weighted by molar-refractivity contribution is 6.33. The standard InChI is InChI=1S/C17H15ClN6O/c1-23(25)10-15-22-21-14-9-20-16(13-7-2-3-8-19-13)11-5-4-6-12(18)17(11)24(14)15/h2-8,25H,9-10H2,1H3. The number of halogens is 1. The van der Waals surface area contributed by atoms with Crippen LogP contribution in [0.2, 0.25) is 5.02 Å². The molecular weight excluding hydrogens is 340 g/mol. The van der Waals surface area contributed by atoms with E-state index in [-0.39, 0.29) is 6.54 Å². The lowest BCUT2D eigenvalue weighted by Crippen LogP contribution is -2.17. The van der Waals surface area contributed by atoms with E-state index in [1.807, 2.05) is 41.0 Å². The lowest BCUT2D eigenvalue weighted by molar-refractivity contribution is -0.0754. The van der Waals surface area contributed by atoms with E-state index in [1.165, 1.54) is 0 Å². The molecule has 3 aromatic rings. The number of hydrogen-bond acceptors (Lipinski definition) is 6. The molecule has 0 unspecified atom stereocenters. The molecule has 7 nitrogen and oxygen atoms in total. The SMILES string of the molecule is CN(O)Cc1nnc2n1-c1c(Cl)cccc1C(c1ccccn1)=NC2. The first kappa shape index (κ1) is 15.9. The lowest BCUT2D eigenvalue weighted by Gasteiger charge is -2.15. The average molecular weight is 355 g/mol. The summed E-state index contributed by atoms with van der Waals surface area (Å²) in [5.74, 6) is 1.25. The number of nitrogens with zero attached hydrogens (tertiary/aromatic N) is 6. The molecule has 1 aromatic carbocycles. The van der Waals surface area contributed by atoms with Gasteiger partial charge in [0.2, 0.25) is 0 Å². The van der Waals surface area contributed by atoms with Gasteiger partial charge in [-0.05, 0) is 18.2 Å². The number of para-hydroxylation sites is 1. The molecule has 4 rings (SSSR count). The number of pyridine rings is 1. The van der Waals surface area contributed by atoms with Gasteiger partial charge < -0.3 is 5.21 Å². The second-order valence-electron chi connectivity index (χ2n) is 5.70. The zero-order valence-electron chi connectivity index (χ0n) is 13.5. The smallest absolute Gasteiger partial charge is 0.159 e. The van der Waals surface area contributed by atoms with E-state index in [4.69, 9.17) is 16.6 Å². The predicted octanol–water partition coefficient (Wildman–Crippen LogP) is 2.49. The van der Waals surface area contributed by atoms with Gasteiger partial charge >= 0.3 is 0 Å². The van der Waals surface area contributed by atoms with E-state index in [2.05, 4.69) is 15.2 Å². The van der Waals surface area contributed by atoms with E-state index in [1.54, 1.807) is 13.2 Å². The molecule has 0 bridgehead atoms. The summed E-state index contributed by atoms with van der Waals surface area (Å²) in [6.45, 7) is 0.565. The van der Waals surface area contributed by atoms with Crippen LogP contribution in [0.15, 0.2) is 47.6 Å². The van der Waals surface area contributed by atoms with E-state index in [0.717, 1.165) is 27.7 Å². The summed E-state index contributed by atoms with van der Waals surface area (Å²) < 4.78 is 1.86. The zero-order valence-corrected chi connectivity index (χ0v) is 14.2. The van der Waals surface area contributed by atoms with Crippen molar-refractivity contribution in [3.8, 4) is 5.69 Å². The van der Waals surface area contributed by atoms with Crippen LogP contribution in [-0.2, 0) is 13.1 Å². The van der Waals surface area contributed by atoms with E-state index in [0.29, 0.717) is 23.2 Å². The number of aliphatic imine (C=N–C) groups is 1. The van der Waals surface area contributed by atoms with Crippen LogP contribution >= 0.6 is 11.6 Å². The molecule has 0 atom stereocenters. The third kappa shape index (κ3) is 2.82. The van der Waals surface area contributed by atoms with Gasteiger partial charge in [0.05, 0.1) is 28.7 Å². The maximum Gasteiger partial charge on any atom is 0.159 e. The van der Waals surface area contributed by atoms with Gasteiger partial charge in [-0.2, -0.15) is 5.06 Å². The number of hydrogen-bond donors (Lipinski definition) is 1. The second kappa shape index (κ2) is 6.36. The van der Waals surface area contributed by atoms with Crippen LogP contribution in [0.1, 0.15) is 22.9 Å². The fraction of sp³-hybridized carbons (Fsp3) is 0.176. The number of hydroxylamine groups is 2. The Morgan fingerprint density at radius 2 is 2.08 bits per heavy atom. The minimum atomic E-state index is 0.219. The Morgan fingerprint density at radius 3 is 2.84 bits per heavy atom. The van der Waals surface area contributed by atoms with Gasteiger partial charge in [-0.1, -0.05) is 29.8 Å². The first-order valence-electron chi connectivity index (χ1n) is 7.73. The van der Waals surface area contributed by atoms with Crippen LogP contribution in [-0.4, -0.2) is 42.8 Å². The summed E-state index contributed by atoms with van der Waals surface area (Å²) >= 11 is 6.53. The molecule has 0 radical (unpaired) electrons. The van der Waals surface area contributed by atoms with Crippen molar-refractivity contribution in [3.05, 3.63) is 70.5 Å². The summed E-state index contributed by atoms with van der Waals surface area (Å²) in [6.07, 6.45) is 1.74. The molecule has 0 aliphatic carbocycles. The fourth-order valence-corrected chi connectivity index (χ4v) is 3.17. The number of rotatable bonds is 3. The summed E-state index contributed by atoms with van der Waals surface area (Å²) in [5.41, 5.74) is 3.13. The Balaban J connectivity index is 1.96. The summed E-state index contributed by atoms with van der Waals surface area (Å²) in [4.78, 5) is 9.13. The molecule has 2 aromatic heterocycles. The third-order valence-corrected chi connectivity index (χ3v) is 4.22. The highest BCUT2D eigenvalue weighted by Gasteiger charge is 2.25. The van der Waals surface area contributed by atoms with E-state index >= 15 is 0 Å². The first-order chi connectivity index (χ1) is 12.1. The van der Waals surface area contributed by atoms with Crippen molar-refractivity contribution in [1.82, 2.24) is 24.8 Å². The quantitative estimate of drug-likeness (QED) is 0.731. The molecule has 0 saturated heterocycles. The minimum Gasteiger partial charge on any atom is -0.314 e. The van der Waals surface area contributed by atoms with Crippen LogP contribution in [0, 0.1) is 0 Å². The third-order valence-electron chi connectivity index (χ3n) is 3.92. The van der Waals surface area contributed by atoms with Crippen molar-refractivity contribution >= 4 is 17.3 Å². The van der Waals surface area contributed by atoms with E-state index < -0.39 is 0 Å². The van der Waals surface area contributed by atoms with Crippen molar-refractivity contribution in [1.29, 1.82) is 0 Å². The molecule has 3 heterocycles. The van der Waals surface area contributed by atoms with Crippen molar-refractivity contribution in [3.63, 3.8) is 0 Å². The van der Waals surface area contributed by atoms with Crippen LogP contribution in [0.3, 0.4) is 0 Å². The Hall–Kier alpha value is -2.61. The van der Waals surface area contributed by atoms with Crippen LogP contribution in [0.4, 0.5) is 0 Å². The summed E-state index contributed by atoms with van der Waals surface area (Å²) in [6, 6.07) is 11.4. The Bertz CT molecular complexity index is 951. The second-order valence-corrected chi connectivity index (χ2v) is 6.11. The Morgan fingerprint density at radius 1 is 1.20 bits per heavy atom. The average Bonchev–Trinajstić information content (AvgIpc) is 2.89. The molecule has 1 aliphatic heterocycles. The number of fused-ring (bicyclic) bond motifs is 3. The largest absolute Gasteiger partial charge is 0.314 e. The maximum absolute atomic E-state index is 9.62. The van der Waals surface area contributed by atoms with Crippen molar-refractivity contribution in [2.24, 2.45) is 4.99 Å². The van der Waals surface area contributed by atoms with Crippen LogP contribution < -0.4 is 0 Å². The minimum absolute atomic E-state index is 0.219. The normalized spacial score (nSPS) is 13.2. The fourth-order valence-electron chi connectivity index (χ4n) is 2.91. The maximum atomic E-state index is 9.62. The summed E-state index contributed by atoms with van der Waals surface area (Å²) in [5, 5.41) is 19.7. The van der Waals surface area contributed by atoms with Crippen molar-refractivity contribution in [2.75, 3.05) is 7.05 Å². The summed E-state index contributed by atoms with van der Waals surface area (Å²) in [7, 11) is 1.56. The molecule has 0 spiro atoms. The highest BCUT2D eigenvalue weighted by Crippen LogP contribution is 2.31.